The van der Waals surface area contributed by atoms with E-state index in [0.717, 1.165) is 29.1 Å². The van der Waals surface area contributed by atoms with Gasteiger partial charge in [-0.15, -0.1) is 11.3 Å². The molecule has 104 valence electrons. The van der Waals surface area contributed by atoms with E-state index in [4.69, 9.17) is 0 Å². The van der Waals surface area contributed by atoms with E-state index in [1.165, 1.54) is 4.88 Å². The summed E-state index contributed by atoms with van der Waals surface area (Å²) < 4.78 is 0. The largest absolute Gasteiger partial charge is 0.358 e. The van der Waals surface area contributed by atoms with Crippen LogP contribution in [-0.4, -0.2) is 35.6 Å². The van der Waals surface area contributed by atoms with Gasteiger partial charge in [0.1, 0.15) is 17.0 Å². The van der Waals surface area contributed by atoms with E-state index in [0.29, 0.717) is 0 Å². The number of hydrogen-bond acceptors (Lipinski definition) is 5. The lowest BCUT2D eigenvalue weighted by molar-refractivity contribution is 0.430. The number of nitrogens with one attached hydrogen (secondary N) is 1. The summed E-state index contributed by atoms with van der Waals surface area (Å²) >= 11 is 1.72. The van der Waals surface area contributed by atoms with E-state index in [-0.39, 0.29) is 5.54 Å². The standard InChI is InChI=1S/C14H22N4S/c1-10-8-11-12(15-9-16-13(11)19-10)18(5)7-6-17-14(2,3)4/h8-9,17H,6-7H2,1-5H3. The van der Waals surface area contributed by atoms with Gasteiger partial charge in [-0.1, -0.05) is 0 Å². The van der Waals surface area contributed by atoms with E-state index in [2.05, 4.69) is 61.0 Å². The number of anilines is 1. The molecule has 0 fully saturated rings. The highest BCUT2D eigenvalue weighted by Crippen LogP contribution is 2.28. The summed E-state index contributed by atoms with van der Waals surface area (Å²) in [5.74, 6) is 1.02. The van der Waals surface area contributed by atoms with E-state index in [1.54, 1.807) is 17.7 Å². The fraction of sp³-hybridized carbons (Fsp3) is 0.571. The van der Waals surface area contributed by atoms with Gasteiger partial charge in [-0.05, 0) is 33.8 Å². The summed E-state index contributed by atoms with van der Waals surface area (Å²) in [7, 11) is 2.08. The normalized spacial score (nSPS) is 12.1. The molecule has 4 nitrogen and oxygen atoms in total. The van der Waals surface area contributed by atoms with Crippen molar-refractivity contribution in [1.82, 2.24) is 15.3 Å². The minimum atomic E-state index is 0.154. The van der Waals surface area contributed by atoms with Crippen molar-refractivity contribution < 1.29 is 0 Å². The van der Waals surface area contributed by atoms with Crippen molar-refractivity contribution in [3.05, 3.63) is 17.3 Å². The Balaban J connectivity index is 2.11. The average Bonchev–Trinajstić information content (AvgIpc) is 2.66. The van der Waals surface area contributed by atoms with Crippen molar-refractivity contribution in [2.75, 3.05) is 25.0 Å². The first-order valence-electron chi connectivity index (χ1n) is 6.54. The summed E-state index contributed by atoms with van der Waals surface area (Å²) in [6, 6.07) is 2.17. The van der Waals surface area contributed by atoms with Crippen LogP contribution in [0, 0.1) is 6.92 Å². The first kappa shape index (κ1) is 14.2. The first-order valence-corrected chi connectivity index (χ1v) is 7.36. The zero-order chi connectivity index (χ0) is 14.0. The molecule has 2 heterocycles. The molecule has 1 N–H and O–H groups in total. The van der Waals surface area contributed by atoms with E-state index in [1.807, 2.05) is 0 Å². The van der Waals surface area contributed by atoms with Crippen LogP contribution in [0.3, 0.4) is 0 Å². The number of likely N-dealkylation sites (N-methyl/N-ethyl adjacent to an activating group) is 1. The van der Waals surface area contributed by atoms with Gasteiger partial charge < -0.3 is 10.2 Å². The molecule has 0 aromatic carbocycles. The fourth-order valence-electron chi connectivity index (χ4n) is 1.97. The summed E-state index contributed by atoms with van der Waals surface area (Å²) in [5.41, 5.74) is 0.154. The summed E-state index contributed by atoms with van der Waals surface area (Å²) in [6.45, 7) is 10.5. The van der Waals surface area contributed by atoms with Crippen molar-refractivity contribution in [2.24, 2.45) is 0 Å². The molecule has 2 aromatic heterocycles. The van der Waals surface area contributed by atoms with Crippen LogP contribution in [0.2, 0.25) is 0 Å². The van der Waals surface area contributed by atoms with Crippen LogP contribution in [0.15, 0.2) is 12.4 Å². The van der Waals surface area contributed by atoms with Crippen LogP contribution in [0.25, 0.3) is 10.2 Å². The molecule has 0 aliphatic heterocycles. The van der Waals surface area contributed by atoms with Gasteiger partial charge in [0, 0.05) is 30.6 Å². The Morgan fingerprint density at radius 1 is 1.32 bits per heavy atom. The van der Waals surface area contributed by atoms with Crippen molar-refractivity contribution in [3.8, 4) is 0 Å². The van der Waals surface area contributed by atoms with Crippen molar-refractivity contribution in [1.29, 1.82) is 0 Å². The summed E-state index contributed by atoms with van der Waals surface area (Å²) in [6.07, 6.45) is 1.65. The molecule has 5 heteroatoms. The third kappa shape index (κ3) is 3.64. The molecule has 0 aliphatic rings. The Kier molecular flexibility index (Phi) is 4.06. The van der Waals surface area contributed by atoms with Crippen molar-refractivity contribution >= 4 is 27.4 Å². The minimum Gasteiger partial charge on any atom is -0.358 e. The molecule has 0 bridgehead atoms. The van der Waals surface area contributed by atoms with Crippen LogP contribution in [0.4, 0.5) is 5.82 Å². The number of aryl methyl sites for hydroxylation is 1. The molecule has 19 heavy (non-hydrogen) atoms. The maximum Gasteiger partial charge on any atom is 0.140 e. The van der Waals surface area contributed by atoms with E-state index in [9.17, 15) is 0 Å². The van der Waals surface area contributed by atoms with Crippen LogP contribution < -0.4 is 10.2 Å². The average molecular weight is 278 g/mol. The van der Waals surface area contributed by atoms with Gasteiger partial charge in [0.25, 0.3) is 0 Å². The number of thiophene rings is 1. The lowest BCUT2D eigenvalue weighted by atomic mass is 10.1. The zero-order valence-corrected chi connectivity index (χ0v) is 13.1. The molecular formula is C14H22N4S. The van der Waals surface area contributed by atoms with Crippen LogP contribution in [0.1, 0.15) is 25.6 Å². The molecule has 0 amide bonds. The molecule has 0 unspecified atom stereocenters. The highest BCUT2D eigenvalue weighted by atomic mass is 32.1. The molecular weight excluding hydrogens is 256 g/mol. The third-order valence-corrected chi connectivity index (χ3v) is 3.85. The number of fused-ring (bicyclic) bond motifs is 1. The van der Waals surface area contributed by atoms with E-state index >= 15 is 0 Å². The second kappa shape index (κ2) is 5.43. The van der Waals surface area contributed by atoms with Gasteiger partial charge in [-0.3, -0.25) is 0 Å². The van der Waals surface area contributed by atoms with Gasteiger partial charge in [0.15, 0.2) is 0 Å². The van der Waals surface area contributed by atoms with Crippen LogP contribution in [-0.2, 0) is 0 Å². The molecule has 0 saturated carbocycles. The lowest BCUT2D eigenvalue weighted by Gasteiger charge is -2.24. The maximum absolute atomic E-state index is 4.43. The minimum absolute atomic E-state index is 0.154. The maximum atomic E-state index is 4.43. The number of hydrogen-bond donors (Lipinski definition) is 1. The Bertz CT molecular complexity index is 556. The lowest BCUT2D eigenvalue weighted by Crippen LogP contribution is -2.40. The highest BCUT2D eigenvalue weighted by Gasteiger charge is 2.12. The third-order valence-electron chi connectivity index (χ3n) is 2.90. The predicted molar refractivity (Wildman–Crippen MR) is 83.2 cm³/mol. The van der Waals surface area contributed by atoms with Crippen LogP contribution >= 0.6 is 11.3 Å². The first-order chi connectivity index (χ1) is 8.87. The molecule has 0 atom stereocenters. The molecule has 2 aromatic rings. The summed E-state index contributed by atoms with van der Waals surface area (Å²) in [4.78, 5) is 13.3. The van der Waals surface area contributed by atoms with Gasteiger partial charge in [-0.25, -0.2) is 9.97 Å². The smallest absolute Gasteiger partial charge is 0.140 e. The second-order valence-electron chi connectivity index (χ2n) is 5.87. The zero-order valence-electron chi connectivity index (χ0n) is 12.3. The molecule has 0 spiro atoms. The van der Waals surface area contributed by atoms with Gasteiger partial charge >= 0.3 is 0 Å². The monoisotopic (exact) mass is 278 g/mol. The Hall–Kier alpha value is -1.20. The number of nitrogens with zero attached hydrogens (tertiary/aromatic N) is 3. The predicted octanol–water partition coefficient (Wildman–Crippen LogP) is 2.82. The highest BCUT2D eigenvalue weighted by molar-refractivity contribution is 7.18. The van der Waals surface area contributed by atoms with Crippen LogP contribution in [0.5, 0.6) is 0 Å². The number of rotatable bonds is 4. The van der Waals surface area contributed by atoms with Crippen molar-refractivity contribution in [3.63, 3.8) is 0 Å². The van der Waals surface area contributed by atoms with Gasteiger partial charge in [-0.2, -0.15) is 0 Å². The molecule has 0 radical (unpaired) electrons. The SMILES string of the molecule is Cc1cc2c(N(C)CCNC(C)(C)C)ncnc2s1. The Labute approximate surface area is 118 Å². The quantitative estimate of drug-likeness (QED) is 0.933. The Morgan fingerprint density at radius 3 is 2.74 bits per heavy atom. The molecule has 2 rings (SSSR count). The summed E-state index contributed by atoms with van der Waals surface area (Å²) in [5, 5.41) is 4.65. The molecule has 0 aliphatic carbocycles. The number of aromatic nitrogens is 2. The molecule has 0 saturated heterocycles. The second-order valence-corrected chi connectivity index (χ2v) is 7.11. The van der Waals surface area contributed by atoms with Crippen molar-refractivity contribution in [2.45, 2.75) is 33.2 Å². The fourth-order valence-corrected chi connectivity index (χ4v) is 2.81. The van der Waals surface area contributed by atoms with Gasteiger partial charge in [0.2, 0.25) is 0 Å². The Morgan fingerprint density at radius 2 is 2.05 bits per heavy atom. The van der Waals surface area contributed by atoms with Gasteiger partial charge in [0.05, 0.1) is 5.39 Å². The van der Waals surface area contributed by atoms with E-state index < -0.39 is 0 Å². The topological polar surface area (TPSA) is 41.0 Å².